The first kappa shape index (κ1) is 12.4. The average molecular weight is 223 g/mol. The molecule has 1 heterocycles. The normalized spacial score (nSPS) is 9.94. The van der Waals surface area contributed by atoms with Crippen LogP contribution in [0.3, 0.4) is 0 Å². The third kappa shape index (κ3) is 3.18. The third-order valence-electron chi connectivity index (χ3n) is 2.16. The van der Waals surface area contributed by atoms with Crippen LogP contribution in [0.15, 0.2) is 12.4 Å². The number of carbonyl (C=O) groups excluding carboxylic acids is 1. The van der Waals surface area contributed by atoms with E-state index in [9.17, 15) is 4.79 Å². The number of anilines is 1. The minimum atomic E-state index is -0.241. The van der Waals surface area contributed by atoms with Crippen molar-refractivity contribution in [3.05, 3.63) is 18.1 Å². The van der Waals surface area contributed by atoms with E-state index >= 15 is 0 Å². The highest BCUT2D eigenvalue weighted by atomic mass is 16.5. The number of carbonyl (C=O) groups is 1. The maximum absolute atomic E-state index is 11.4. The maximum atomic E-state index is 11.4. The van der Waals surface area contributed by atoms with E-state index in [0.29, 0.717) is 13.2 Å². The Morgan fingerprint density at radius 2 is 2.06 bits per heavy atom. The minimum Gasteiger partial charge on any atom is -0.465 e. The number of ether oxygens (including phenoxy) is 1. The van der Waals surface area contributed by atoms with E-state index in [0.717, 1.165) is 11.5 Å². The van der Waals surface area contributed by atoms with Crippen LogP contribution in [0.2, 0.25) is 0 Å². The molecule has 1 aromatic rings. The van der Waals surface area contributed by atoms with Gasteiger partial charge in [0.15, 0.2) is 5.82 Å². The number of esters is 1. The number of nitrogens with zero attached hydrogens (tertiary/aromatic N) is 3. The molecule has 0 aliphatic carbocycles. The number of hydrogen-bond donors (Lipinski definition) is 0. The Morgan fingerprint density at radius 1 is 1.38 bits per heavy atom. The molecular weight excluding hydrogens is 206 g/mol. The molecule has 0 N–H and O–H groups in total. The summed E-state index contributed by atoms with van der Waals surface area (Å²) in [5.41, 5.74) is 0.814. The van der Waals surface area contributed by atoms with Crippen LogP contribution in [-0.4, -0.2) is 35.6 Å². The van der Waals surface area contributed by atoms with Crippen LogP contribution in [0.4, 0.5) is 5.82 Å². The Labute approximate surface area is 95.5 Å². The topological polar surface area (TPSA) is 55.3 Å². The zero-order valence-corrected chi connectivity index (χ0v) is 9.93. The quantitative estimate of drug-likeness (QED) is 0.701. The van der Waals surface area contributed by atoms with Crippen molar-refractivity contribution < 1.29 is 9.53 Å². The minimum absolute atomic E-state index is 0.212. The molecule has 1 aromatic heterocycles. The fraction of sp³-hybridized carbons (Fsp3) is 0.545. The van der Waals surface area contributed by atoms with Crippen LogP contribution in [0, 0.1) is 6.92 Å². The molecular formula is C11H17N3O2. The van der Waals surface area contributed by atoms with E-state index in [1.807, 2.05) is 18.7 Å². The van der Waals surface area contributed by atoms with Gasteiger partial charge in [0, 0.05) is 18.9 Å². The van der Waals surface area contributed by atoms with Gasteiger partial charge in [-0.25, -0.2) is 4.98 Å². The Balaban J connectivity index is 2.75. The second-order valence-electron chi connectivity index (χ2n) is 3.28. The van der Waals surface area contributed by atoms with Crippen molar-refractivity contribution in [1.29, 1.82) is 0 Å². The summed E-state index contributed by atoms with van der Waals surface area (Å²) in [7, 11) is 0. The summed E-state index contributed by atoms with van der Waals surface area (Å²) in [6, 6.07) is 0. The highest BCUT2D eigenvalue weighted by Gasteiger charge is 2.13. The van der Waals surface area contributed by atoms with Gasteiger partial charge >= 0.3 is 5.97 Å². The van der Waals surface area contributed by atoms with Gasteiger partial charge in [-0.3, -0.25) is 9.78 Å². The highest BCUT2D eigenvalue weighted by Crippen LogP contribution is 2.12. The lowest BCUT2D eigenvalue weighted by atomic mass is 10.4. The van der Waals surface area contributed by atoms with E-state index in [2.05, 4.69) is 9.97 Å². The van der Waals surface area contributed by atoms with Gasteiger partial charge in [0.25, 0.3) is 0 Å². The van der Waals surface area contributed by atoms with Crippen molar-refractivity contribution in [3.8, 4) is 0 Å². The molecule has 88 valence electrons. The average Bonchev–Trinajstić information content (AvgIpc) is 2.27. The standard InChI is InChI=1S/C11H17N3O2/c1-4-14(8-10(15)16-5-2)11-9(3)12-6-7-13-11/h6-7H,4-5,8H2,1-3H3. The Morgan fingerprint density at radius 3 is 2.62 bits per heavy atom. The van der Waals surface area contributed by atoms with Crippen LogP contribution in [-0.2, 0) is 9.53 Å². The molecule has 0 aromatic carbocycles. The molecule has 0 saturated carbocycles. The molecule has 16 heavy (non-hydrogen) atoms. The summed E-state index contributed by atoms with van der Waals surface area (Å²) in [4.78, 5) is 21.6. The molecule has 5 heteroatoms. The smallest absolute Gasteiger partial charge is 0.325 e. The predicted molar refractivity (Wildman–Crippen MR) is 61.3 cm³/mol. The summed E-state index contributed by atoms with van der Waals surface area (Å²) < 4.78 is 4.91. The SMILES string of the molecule is CCOC(=O)CN(CC)c1nccnc1C. The van der Waals surface area contributed by atoms with Crippen LogP contribution < -0.4 is 4.90 Å². The van der Waals surface area contributed by atoms with Gasteiger partial charge < -0.3 is 9.64 Å². The van der Waals surface area contributed by atoms with Crippen LogP contribution in [0.5, 0.6) is 0 Å². The Hall–Kier alpha value is -1.65. The van der Waals surface area contributed by atoms with Gasteiger partial charge in [-0.15, -0.1) is 0 Å². The number of likely N-dealkylation sites (N-methyl/N-ethyl adjacent to an activating group) is 1. The maximum Gasteiger partial charge on any atom is 0.325 e. The number of rotatable bonds is 5. The first-order valence-corrected chi connectivity index (χ1v) is 5.37. The molecule has 0 aliphatic rings. The molecule has 0 amide bonds. The molecule has 1 rings (SSSR count). The second kappa shape index (κ2) is 6.05. The summed E-state index contributed by atoms with van der Waals surface area (Å²) in [6.45, 7) is 6.93. The van der Waals surface area contributed by atoms with Crippen molar-refractivity contribution in [1.82, 2.24) is 9.97 Å². The van der Waals surface area contributed by atoms with Gasteiger partial charge in [-0.2, -0.15) is 0 Å². The van der Waals surface area contributed by atoms with Crippen LogP contribution >= 0.6 is 0 Å². The third-order valence-corrected chi connectivity index (χ3v) is 2.16. The van der Waals surface area contributed by atoms with Gasteiger partial charge in [-0.1, -0.05) is 0 Å². The lowest BCUT2D eigenvalue weighted by molar-refractivity contribution is -0.141. The van der Waals surface area contributed by atoms with Crippen molar-refractivity contribution in [2.75, 3.05) is 24.6 Å². The lowest BCUT2D eigenvalue weighted by Crippen LogP contribution is -2.32. The molecule has 0 unspecified atom stereocenters. The van der Waals surface area contributed by atoms with Crippen LogP contribution in [0.25, 0.3) is 0 Å². The molecule has 0 saturated heterocycles. The van der Waals surface area contributed by atoms with Gasteiger partial charge in [0.2, 0.25) is 0 Å². The molecule has 0 radical (unpaired) electrons. The molecule has 0 fully saturated rings. The van der Waals surface area contributed by atoms with Crippen molar-refractivity contribution in [2.45, 2.75) is 20.8 Å². The number of aromatic nitrogens is 2. The Kier molecular flexibility index (Phi) is 4.69. The van der Waals surface area contributed by atoms with Crippen molar-refractivity contribution >= 4 is 11.8 Å². The van der Waals surface area contributed by atoms with Crippen molar-refractivity contribution in [2.24, 2.45) is 0 Å². The highest BCUT2D eigenvalue weighted by molar-refractivity contribution is 5.75. The molecule has 0 spiro atoms. The van der Waals surface area contributed by atoms with Gasteiger partial charge in [-0.05, 0) is 20.8 Å². The number of aryl methyl sites for hydroxylation is 1. The summed E-state index contributed by atoms with van der Waals surface area (Å²) >= 11 is 0. The summed E-state index contributed by atoms with van der Waals surface area (Å²) in [6.07, 6.45) is 3.26. The van der Waals surface area contributed by atoms with Gasteiger partial charge in [0.05, 0.1) is 12.3 Å². The first-order valence-electron chi connectivity index (χ1n) is 5.37. The summed E-state index contributed by atoms with van der Waals surface area (Å²) in [5.74, 6) is 0.493. The van der Waals surface area contributed by atoms with E-state index in [-0.39, 0.29) is 12.5 Å². The van der Waals surface area contributed by atoms with E-state index in [4.69, 9.17) is 4.74 Å². The monoisotopic (exact) mass is 223 g/mol. The van der Waals surface area contributed by atoms with E-state index < -0.39 is 0 Å². The first-order chi connectivity index (χ1) is 7.69. The van der Waals surface area contributed by atoms with Gasteiger partial charge in [0.1, 0.15) is 6.54 Å². The molecule has 0 bridgehead atoms. The predicted octanol–water partition coefficient (Wildman–Crippen LogP) is 1.17. The largest absolute Gasteiger partial charge is 0.465 e. The summed E-state index contributed by atoms with van der Waals surface area (Å²) in [5, 5.41) is 0. The second-order valence-corrected chi connectivity index (χ2v) is 3.28. The van der Waals surface area contributed by atoms with E-state index in [1.165, 1.54) is 0 Å². The molecule has 5 nitrogen and oxygen atoms in total. The molecule has 0 atom stereocenters. The Bertz CT molecular complexity index is 355. The zero-order valence-electron chi connectivity index (χ0n) is 9.93. The lowest BCUT2D eigenvalue weighted by Gasteiger charge is -2.21. The molecule has 0 aliphatic heterocycles. The fourth-order valence-corrected chi connectivity index (χ4v) is 1.41. The van der Waals surface area contributed by atoms with Crippen LogP contribution in [0.1, 0.15) is 19.5 Å². The van der Waals surface area contributed by atoms with Crippen molar-refractivity contribution in [3.63, 3.8) is 0 Å². The fourth-order valence-electron chi connectivity index (χ4n) is 1.41. The number of hydrogen-bond acceptors (Lipinski definition) is 5. The van der Waals surface area contributed by atoms with E-state index in [1.54, 1.807) is 19.3 Å². The zero-order chi connectivity index (χ0) is 12.0.